The first kappa shape index (κ1) is 10.0. The molecule has 0 spiro atoms. The predicted octanol–water partition coefficient (Wildman–Crippen LogP) is 1.23. The van der Waals surface area contributed by atoms with Gasteiger partial charge < -0.3 is 10.6 Å². The van der Waals surface area contributed by atoms with E-state index in [9.17, 15) is 0 Å². The van der Waals surface area contributed by atoms with Crippen LogP contribution in [0.25, 0.3) is 0 Å². The molecule has 0 bridgehead atoms. The van der Waals surface area contributed by atoms with Crippen LogP contribution in [0.3, 0.4) is 0 Å². The van der Waals surface area contributed by atoms with Crippen LogP contribution in [0.4, 0.5) is 0 Å². The van der Waals surface area contributed by atoms with Crippen molar-refractivity contribution < 1.29 is 0 Å². The Morgan fingerprint density at radius 3 is 2.50 bits per heavy atom. The van der Waals surface area contributed by atoms with E-state index in [0.29, 0.717) is 11.5 Å². The molecule has 1 aliphatic rings. The topological polar surface area (TPSA) is 24.1 Å². The quantitative estimate of drug-likeness (QED) is 0.648. The molecule has 1 saturated carbocycles. The third kappa shape index (κ3) is 2.76. The molecule has 1 fully saturated rings. The van der Waals surface area contributed by atoms with Gasteiger partial charge >= 0.3 is 0 Å². The molecule has 0 aromatic heterocycles. The highest BCUT2D eigenvalue weighted by atomic mass is 15.0. The Bertz CT molecular complexity index is 143. The Balaban J connectivity index is 1.98. The van der Waals surface area contributed by atoms with E-state index in [4.69, 9.17) is 0 Å². The number of rotatable bonds is 5. The summed E-state index contributed by atoms with van der Waals surface area (Å²) < 4.78 is 0. The average molecular weight is 170 g/mol. The molecule has 2 N–H and O–H groups in total. The van der Waals surface area contributed by atoms with Crippen LogP contribution in [0.5, 0.6) is 0 Å². The molecule has 72 valence electrons. The Kier molecular flexibility index (Phi) is 3.13. The average Bonchev–Trinajstić information content (AvgIpc) is 2.59. The summed E-state index contributed by atoms with van der Waals surface area (Å²) in [6.07, 6.45) is 1.40. The normalized spacial score (nSPS) is 28.5. The van der Waals surface area contributed by atoms with Crippen LogP contribution < -0.4 is 10.6 Å². The zero-order valence-corrected chi connectivity index (χ0v) is 8.78. The second-order valence-corrected chi connectivity index (χ2v) is 4.74. The lowest BCUT2D eigenvalue weighted by Crippen LogP contribution is -2.35. The highest BCUT2D eigenvalue weighted by molar-refractivity contribution is 4.96. The van der Waals surface area contributed by atoms with Crippen LogP contribution in [0, 0.1) is 11.3 Å². The second-order valence-electron chi connectivity index (χ2n) is 4.74. The molecule has 0 aliphatic heterocycles. The number of hydrogen-bond donors (Lipinski definition) is 2. The van der Waals surface area contributed by atoms with Crippen molar-refractivity contribution in [2.45, 2.75) is 33.2 Å². The summed E-state index contributed by atoms with van der Waals surface area (Å²) in [5.41, 5.74) is 0.621. The monoisotopic (exact) mass is 170 g/mol. The van der Waals surface area contributed by atoms with Gasteiger partial charge in [0, 0.05) is 12.6 Å². The molecule has 0 amide bonds. The third-order valence-corrected chi connectivity index (χ3v) is 3.05. The van der Waals surface area contributed by atoms with Gasteiger partial charge in [0.1, 0.15) is 0 Å². The van der Waals surface area contributed by atoms with Crippen molar-refractivity contribution in [2.75, 3.05) is 20.1 Å². The Hall–Kier alpha value is -0.0800. The Morgan fingerprint density at radius 1 is 1.50 bits per heavy atom. The van der Waals surface area contributed by atoms with Crippen molar-refractivity contribution in [2.24, 2.45) is 11.3 Å². The van der Waals surface area contributed by atoms with Gasteiger partial charge in [-0.25, -0.2) is 0 Å². The summed E-state index contributed by atoms with van der Waals surface area (Å²) in [6, 6.07) is 0.590. The number of nitrogens with one attached hydrogen (secondary N) is 2. The molecule has 2 atom stereocenters. The van der Waals surface area contributed by atoms with Gasteiger partial charge in [-0.2, -0.15) is 0 Å². The minimum atomic E-state index is 0.590. The SMILES string of the molecule is CNC(C)CNCC1CC1(C)C. The van der Waals surface area contributed by atoms with Gasteiger partial charge in [0.05, 0.1) is 0 Å². The van der Waals surface area contributed by atoms with Gasteiger partial charge in [-0.1, -0.05) is 13.8 Å². The molecule has 1 aliphatic carbocycles. The van der Waals surface area contributed by atoms with E-state index in [1.54, 1.807) is 0 Å². The second kappa shape index (κ2) is 3.75. The van der Waals surface area contributed by atoms with Gasteiger partial charge in [0.15, 0.2) is 0 Å². The van der Waals surface area contributed by atoms with E-state index >= 15 is 0 Å². The Morgan fingerprint density at radius 2 is 2.08 bits per heavy atom. The van der Waals surface area contributed by atoms with E-state index in [-0.39, 0.29) is 0 Å². The van der Waals surface area contributed by atoms with Crippen LogP contribution >= 0.6 is 0 Å². The first-order valence-corrected chi connectivity index (χ1v) is 4.94. The van der Waals surface area contributed by atoms with Crippen molar-refractivity contribution in [3.05, 3.63) is 0 Å². The molecular formula is C10H22N2. The lowest BCUT2D eigenvalue weighted by atomic mass is 10.1. The van der Waals surface area contributed by atoms with Crippen molar-refractivity contribution >= 4 is 0 Å². The maximum atomic E-state index is 3.49. The van der Waals surface area contributed by atoms with Crippen LogP contribution in [0.1, 0.15) is 27.2 Å². The van der Waals surface area contributed by atoms with Crippen LogP contribution in [-0.2, 0) is 0 Å². The Labute approximate surface area is 76.1 Å². The summed E-state index contributed by atoms with van der Waals surface area (Å²) >= 11 is 0. The van der Waals surface area contributed by atoms with Crippen LogP contribution in [0.2, 0.25) is 0 Å². The van der Waals surface area contributed by atoms with Crippen LogP contribution in [0.15, 0.2) is 0 Å². The highest BCUT2D eigenvalue weighted by Crippen LogP contribution is 2.50. The first-order valence-electron chi connectivity index (χ1n) is 4.94. The molecule has 1 rings (SSSR count). The lowest BCUT2D eigenvalue weighted by molar-refractivity contribution is 0.486. The molecule has 0 radical (unpaired) electrons. The van der Waals surface area contributed by atoms with Crippen LogP contribution in [-0.4, -0.2) is 26.2 Å². The maximum absolute atomic E-state index is 3.49. The number of likely N-dealkylation sites (N-methyl/N-ethyl adjacent to an activating group) is 1. The summed E-state index contributed by atoms with van der Waals surface area (Å²) in [5.74, 6) is 0.918. The fraction of sp³-hybridized carbons (Fsp3) is 1.00. The van der Waals surface area contributed by atoms with Crippen molar-refractivity contribution in [1.29, 1.82) is 0 Å². The summed E-state index contributed by atoms with van der Waals surface area (Å²) in [4.78, 5) is 0. The fourth-order valence-corrected chi connectivity index (χ4v) is 1.50. The molecule has 12 heavy (non-hydrogen) atoms. The fourth-order valence-electron chi connectivity index (χ4n) is 1.50. The molecule has 2 unspecified atom stereocenters. The minimum Gasteiger partial charge on any atom is -0.316 e. The van der Waals surface area contributed by atoms with E-state index in [2.05, 4.69) is 31.4 Å². The van der Waals surface area contributed by atoms with Crippen molar-refractivity contribution in [1.82, 2.24) is 10.6 Å². The van der Waals surface area contributed by atoms with Gasteiger partial charge in [0.2, 0.25) is 0 Å². The van der Waals surface area contributed by atoms with Gasteiger partial charge in [-0.15, -0.1) is 0 Å². The minimum absolute atomic E-state index is 0.590. The van der Waals surface area contributed by atoms with E-state index in [0.717, 1.165) is 12.5 Å². The first-order chi connectivity index (χ1) is 5.56. The van der Waals surface area contributed by atoms with E-state index < -0.39 is 0 Å². The molecular weight excluding hydrogens is 148 g/mol. The predicted molar refractivity (Wildman–Crippen MR) is 53.3 cm³/mol. The molecule has 2 heteroatoms. The molecule has 0 aromatic carbocycles. The highest BCUT2D eigenvalue weighted by Gasteiger charge is 2.44. The summed E-state index contributed by atoms with van der Waals surface area (Å²) in [6.45, 7) is 9.18. The zero-order valence-electron chi connectivity index (χ0n) is 8.78. The van der Waals surface area contributed by atoms with E-state index in [1.807, 2.05) is 7.05 Å². The number of hydrogen-bond acceptors (Lipinski definition) is 2. The van der Waals surface area contributed by atoms with Gasteiger partial charge in [-0.05, 0) is 38.3 Å². The van der Waals surface area contributed by atoms with E-state index in [1.165, 1.54) is 13.0 Å². The summed E-state index contributed by atoms with van der Waals surface area (Å²) in [5, 5.41) is 6.71. The van der Waals surface area contributed by atoms with Crippen molar-refractivity contribution in [3.63, 3.8) is 0 Å². The third-order valence-electron chi connectivity index (χ3n) is 3.05. The lowest BCUT2D eigenvalue weighted by Gasteiger charge is -2.11. The smallest absolute Gasteiger partial charge is 0.0161 e. The largest absolute Gasteiger partial charge is 0.316 e. The standard InChI is InChI=1S/C10H22N2/c1-8(11-4)6-12-7-9-5-10(9,2)3/h8-9,11-12H,5-7H2,1-4H3. The van der Waals surface area contributed by atoms with Gasteiger partial charge in [-0.3, -0.25) is 0 Å². The van der Waals surface area contributed by atoms with Crippen molar-refractivity contribution in [3.8, 4) is 0 Å². The zero-order chi connectivity index (χ0) is 9.19. The molecule has 2 nitrogen and oxygen atoms in total. The molecule has 0 aromatic rings. The molecule has 0 saturated heterocycles. The summed E-state index contributed by atoms with van der Waals surface area (Å²) in [7, 11) is 2.01. The maximum Gasteiger partial charge on any atom is 0.0161 e. The van der Waals surface area contributed by atoms with Gasteiger partial charge in [0.25, 0.3) is 0 Å². The molecule has 0 heterocycles.